The number of hydrogen-bond acceptors (Lipinski definition) is 14. The monoisotopic (exact) mass is 901 g/mol. The van der Waals surface area contributed by atoms with Gasteiger partial charge < -0.3 is 45.0 Å². The topological polar surface area (TPSA) is 346 Å². The van der Waals surface area contributed by atoms with Crippen LogP contribution in [0.3, 0.4) is 0 Å². The molecule has 0 aliphatic heterocycles. The zero-order valence-electron chi connectivity index (χ0n) is 25.6. The summed E-state index contributed by atoms with van der Waals surface area (Å²) in [5.41, 5.74) is -12.3. The molecule has 16 nitrogen and oxygen atoms in total. The molecule has 0 spiro atoms. The van der Waals surface area contributed by atoms with E-state index in [2.05, 4.69) is 0 Å². The Kier molecular flexibility index (Phi) is 31.1. The van der Waals surface area contributed by atoms with Gasteiger partial charge in [0, 0.05) is 19.8 Å². The molecular weight excluding hydrogens is 855 g/mol. The molecule has 1 aliphatic rings. The largest absolute Gasteiger partial charge is 0.522 e. The predicted molar refractivity (Wildman–Crippen MR) is 148 cm³/mol. The van der Waals surface area contributed by atoms with Crippen molar-refractivity contribution in [3.8, 4) is 0 Å². The quantitative estimate of drug-likeness (QED) is 0.0827. The van der Waals surface area contributed by atoms with Crippen LogP contribution < -0.4 is 30.8 Å². The third kappa shape index (κ3) is 24.0. The molecule has 0 unspecified atom stereocenters. The minimum Gasteiger partial charge on any atom is -0.479 e. The average Bonchev–Trinajstić information content (AvgIpc) is 2.70. The third-order valence-corrected chi connectivity index (χ3v) is 5.48. The van der Waals surface area contributed by atoms with Crippen LogP contribution in [0.15, 0.2) is 24.0 Å². The van der Waals surface area contributed by atoms with E-state index >= 15 is 0 Å². The first kappa shape index (κ1) is 62.0. The second kappa shape index (κ2) is 22.6. The molecule has 0 aromatic heterocycles. The van der Waals surface area contributed by atoms with Gasteiger partial charge in [-0.15, -0.1) is 0 Å². The maximum Gasteiger partial charge on any atom is 0.522 e. The van der Waals surface area contributed by atoms with Crippen LogP contribution in [0.4, 0.5) is 26.3 Å². The third-order valence-electron chi connectivity index (χ3n) is 4.31. The molecule has 2 atom stereocenters. The summed E-state index contributed by atoms with van der Waals surface area (Å²) in [5, 5.41) is 0. The van der Waals surface area contributed by atoms with Gasteiger partial charge in [0.25, 0.3) is 0 Å². The Morgan fingerprint density at radius 3 is 1.44 bits per heavy atom. The first-order chi connectivity index (χ1) is 17.0. The van der Waals surface area contributed by atoms with E-state index in [1.807, 2.05) is 52.8 Å². The van der Waals surface area contributed by atoms with Crippen molar-refractivity contribution < 1.29 is 95.9 Å². The first-order valence-corrected chi connectivity index (χ1v) is 13.3. The van der Waals surface area contributed by atoms with Crippen LogP contribution in [0.25, 0.3) is 0 Å². The van der Waals surface area contributed by atoms with Gasteiger partial charge in [-0.3, -0.25) is 13.9 Å². The Balaban J connectivity index is -0.0000000878. The van der Waals surface area contributed by atoms with Crippen molar-refractivity contribution in [3.05, 3.63) is 24.0 Å². The van der Waals surface area contributed by atoms with Gasteiger partial charge in [-0.05, 0) is 66.0 Å². The van der Waals surface area contributed by atoms with Crippen LogP contribution in [0.2, 0.25) is 0 Å². The summed E-state index contributed by atoms with van der Waals surface area (Å²) in [4.78, 5) is 23.9. The molecule has 278 valence electrons. The van der Waals surface area contributed by atoms with E-state index in [0.29, 0.717) is 5.76 Å². The van der Waals surface area contributed by atoms with Crippen LogP contribution in [0.1, 0.15) is 48.0 Å². The molecule has 0 saturated heterocycles. The van der Waals surface area contributed by atoms with Crippen LogP contribution in [-0.2, 0) is 63.8 Å². The number of alkyl halides is 6. The minimum atomic E-state index is -5.84. The standard InChI is InChI=1S/C18H28O5.2CHF3O3S.5H3N.Os/c1-12(15(19)23-17(2,3)4)22-14-10-8-9-13(11-14)18(5,6)16(20)21-7;2*2-1(3,4)8(5,6)7;;;;;;/h8,10-13H,9H2,1-7H3;2*(H,5,6,7);5*1H3;/t12-,13+;;;;;;;;/m0......../s1. The van der Waals surface area contributed by atoms with E-state index in [0.717, 1.165) is 6.42 Å². The molecule has 0 saturated carbocycles. The molecule has 0 aromatic carbocycles. The maximum atomic E-state index is 12.0. The molecular formula is C20H45F6N5O11OsS2. The maximum absolute atomic E-state index is 12.0. The number of methoxy groups -OCH3 is 1. The van der Waals surface area contributed by atoms with E-state index in [-0.39, 0.29) is 62.4 Å². The normalized spacial score (nSPS) is 15.0. The SMILES string of the molecule is COC(=O)C(C)(C)[C@H]1C=C(O[C@@H](C)C(=O)OC(C)(C)C)C=CC1.N.N.N.N.N.O=S(=O)(O)C(F)(F)F.O=S(=O)(O)C(F)(F)F.[Os]. The predicted octanol–water partition coefficient (Wildman–Crippen LogP) is 4.99. The molecule has 0 bridgehead atoms. The van der Waals surface area contributed by atoms with E-state index < -0.39 is 54.3 Å². The molecule has 0 fully saturated rings. The summed E-state index contributed by atoms with van der Waals surface area (Å²) >= 11 is 0. The fraction of sp³-hybridized carbons (Fsp3) is 0.700. The zero-order valence-corrected chi connectivity index (χ0v) is 29.8. The molecule has 0 radical (unpaired) electrons. The molecule has 25 heteroatoms. The first-order valence-electron chi connectivity index (χ1n) is 10.4. The van der Waals surface area contributed by atoms with Gasteiger partial charge in [0.15, 0.2) is 6.10 Å². The molecule has 1 aliphatic carbocycles. The van der Waals surface area contributed by atoms with Gasteiger partial charge in [0.1, 0.15) is 11.4 Å². The second-order valence-electron chi connectivity index (χ2n) is 9.16. The Labute approximate surface area is 271 Å². The number of esters is 2. The Morgan fingerprint density at radius 1 is 0.844 bits per heavy atom. The number of hydrogen-bond donors (Lipinski definition) is 7. The van der Waals surface area contributed by atoms with E-state index in [1.54, 1.807) is 6.92 Å². The van der Waals surface area contributed by atoms with Gasteiger partial charge in [-0.2, -0.15) is 43.2 Å². The van der Waals surface area contributed by atoms with Crippen molar-refractivity contribution in [3.63, 3.8) is 0 Å². The van der Waals surface area contributed by atoms with Crippen LogP contribution in [0.5, 0.6) is 0 Å². The Morgan fingerprint density at radius 2 is 1.18 bits per heavy atom. The molecule has 0 aromatic rings. The number of carbonyl (C=O) groups is 2. The molecule has 0 heterocycles. The fourth-order valence-corrected chi connectivity index (χ4v) is 2.29. The molecule has 1 rings (SSSR count). The van der Waals surface area contributed by atoms with Crippen molar-refractivity contribution in [2.45, 2.75) is 70.7 Å². The van der Waals surface area contributed by atoms with Crippen molar-refractivity contribution in [2.75, 3.05) is 7.11 Å². The van der Waals surface area contributed by atoms with Crippen LogP contribution in [-0.4, -0.2) is 67.7 Å². The van der Waals surface area contributed by atoms with Gasteiger partial charge in [0.05, 0.1) is 12.5 Å². The number of rotatable bonds is 5. The number of allylic oxidation sites excluding steroid dienone is 3. The summed E-state index contributed by atoms with van der Waals surface area (Å²) in [6, 6.07) is 0. The van der Waals surface area contributed by atoms with E-state index in [4.69, 9.17) is 40.2 Å². The van der Waals surface area contributed by atoms with Gasteiger partial charge in [-0.25, -0.2) is 4.79 Å². The van der Waals surface area contributed by atoms with Crippen molar-refractivity contribution >= 4 is 32.2 Å². The number of carbonyl (C=O) groups excluding carboxylic acids is 2. The fourth-order valence-electron chi connectivity index (χ4n) is 2.29. The average molecular weight is 900 g/mol. The zero-order chi connectivity index (χ0) is 31.8. The van der Waals surface area contributed by atoms with Crippen LogP contribution >= 0.6 is 0 Å². The second-order valence-corrected chi connectivity index (χ2v) is 12.0. The summed E-state index contributed by atoms with van der Waals surface area (Å²) < 4.78 is 131. The number of halogens is 6. The van der Waals surface area contributed by atoms with Gasteiger partial charge >= 0.3 is 43.2 Å². The van der Waals surface area contributed by atoms with E-state index in [9.17, 15) is 35.9 Å². The van der Waals surface area contributed by atoms with Gasteiger partial charge in [-0.1, -0.05) is 6.08 Å². The molecule has 0 amide bonds. The smallest absolute Gasteiger partial charge is 0.479 e. The van der Waals surface area contributed by atoms with Crippen molar-refractivity contribution in [1.29, 1.82) is 0 Å². The summed E-state index contributed by atoms with van der Waals surface area (Å²) in [6.45, 7) is 10.8. The van der Waals surface area contributed by atoms with Crippen molar-refractivity contribution in [2.24, 2.45) is 11.3 Å². The van der Waals surface area contributed by atoms with Gasteiger partial charge in [0.2, 0.25) is 0 Å². The molecule has 17 N–H and O–H groups in total. The minimum absolute atomic E-state index is 0. The van der Waals surface area contributed by atoms with Crippen molar-refractivity contribution in [1.82, 2.24) is 30.8 Å². The number of ether oxygens (including phenoxy) is 3. The summed E-state index contributed by atoms with van der Waals surface area (Å²) in [7, 11) is -10.3. The Bertz CT molecular complexity index is 1100. The molecule has 45 heavy (non-hydrogen) atoms. The summed E-state index contributed by atoms with van der Waals surface area (Å²) in [5.74, 6) is -0.174. The van der Waals surface area contributed by atoms with Crippen LogP contribution in [0, 0.1) is 11.3 Å². The van der Waals surface area contributed by atoms with E-state index in [1.165, 1.54) is 7.11 Å². The Hall–Kier alpha value is -1.94. The summed E-state index contributed by atoms with van der Waals surface area (Å²) in [6.07, 6.45) is 5.62.